The van der Waals surface area contributed by atoms with Crippen molar-refractivity contribution in [2.75, 3.05) is 33.2 Å². The number of aromatic nitrogens is 1. The molecule has 0 bridgehead atoms. The Hall–Kier alpha value is -1.90. The van der Waals surface area contributed by atoms with Gasteiger partial charge in [0.1, 0.15) is 0 Å². The number of rotatable bonds is 3. The zero-order chi connectivity index (χ0) is 15.9. The van der Waals surface area contributed by atoms with Crippen LogP contribution in [0.15, 0.2) is 29.3 Å². The number of hydrogen-bond donors (Lipinski definition) is 2. The number of hydrogen-bond acceptors (Lipinski definition) is 4. The first-order chi connectivity index (χ1) is 10.4. The Morgan fingerprint density at radius 3 is 2.55 bits per heavy atom. The lowest BCUT2D eigenvalue weighted by Crippen LogP contribution is -2.47. The lowest BCUT2D eigenvalue weighted by Gasteiger charge is -2.31. The number of nitrogens with one attached hydrogen (secondary N) is 1. The molecule has 22 heavy (non-hydrogen) atoms. The monoisotopic (exact) mass is 323 g/mol. The van der Waals surface area contributed by atoms with Gasteiger partial charge in [0.25, 0.3) is 0 Å². The molecule has 3 rings (SSSR count). The molecular weight excluding hydrogens is 306 g/mol. The number of sulfonamides is 1. The molecular formula is C14H17N3O4S. The van der Waals surface area contributed by atoms with E-state index in [-0.39, 0.29) is 10.5 Å². The highest BCUT2D eigenvalue weighted by atomic mass is 32.2. The fourth-order valence-corrected chi connectivity index (χ4v) is 4.29. The van der Waals surface area contributed by atoms with Crippen molar-refractivity contribution in [1.29, 1.82) is 0 Å². The standard InChI is InChI=1S/C14H17N3O4S/c1-16-4-6-17(7-5-16)22(20,21)13-9-10(14(18)19)8-12-11(13)2-3-15-12/h2-3,8-9,15H,4-7H2,1H3,(H,18,19). The topological polar surface area (TPSA) is 93.7 Å². The van der Waals surface area contributed by atoms with Crippen molar-refractivity contribution in [3.05, 3.63) is 30.0 Å². The summed E-state index contributed by atoms with van der Waals surface area (Å²) >= 11 is 0. The number of likely N-dealkylation sites (N-methyl/N-ethyl adjacent to an activating group) is 1. The third kappa shape index (κ3) is 2.49. The van der Waals surface area contributed by atoms with Gasteiger partial charge in [0.05, 0.1) is 10.5 Å². The van der Waals surface area contributed by atoms with Crippen molar-refractivity contribution in [2.24, 2.45) is 0 Å². The molecule has 2 N–H and O–H groups in total. The van der Waals surface area contributed by atoms with Crippen molar-refractivity contribution in [2.45, 2.75) is 4.90 Å². The van der Waals surface area contributed by atoms with E-state index in [0.717, 1.165) is 0 Å². The normalized spacial score (nSPS) is 17.9. The number of carboxylic acids is 1. The second-order valence-corrected chi connectivity index (χ2v) is 7.33. The van der Waals surface area contributed by atoms with Crippen molar-refractivity contribution < 1.29 is 18.3 Å². The maximum absolute atomic E-state index is 12.9. The molecule has 0 spiro atoms. The van der Waals surface area contributed by atoms with Crippen molar-refractivity contribution in [3.8, 4) is 0 Å². The predicted octanol–water partition coefficient (Wildman–Crippen LogP) is 0.802. The van der Waals surface area contributed by atoms with E-state index in [0.29, 0.717) is 37.1 Å². The van der Waals surface area contributed by atoms with Crippen LogP contribution in [0.4, 0.5) is 0 Å². The second kappa shape index (κ2) is 5.38. The maximum Gasteiger partial charge on any atom is 0.335 e. The Morgan fingerprint density at radius 2 is 1.91 bits per heavy atom. The van der Waals surface area contributed by atoms with Crippen LogP contribution in [0.1, 0.15) is 10.4 Å². The minimum atomic E-state index is -3.71. The minimum absolute atomic E-state index is 0.0392. The summed E-state index contributed by atoms with van der Waals surface area (Å²) in [6.45, 7) is 2.13. The Labute approximate surface area is 128 Å². The molecule has 0 aliphatic carbocycles. The SMILES string of the molecule is CN1CCN(S(=O)(=O)c2cc(C(=O)O)cc3[nH]ccc23)CC1. The molecule has 0 atom stereocenters. The van der Waals surface area contributed by atoms with Crippen LogP contribution in [0.2, 0.25) is 0 Å². The van der Waals surface area contributed by atoms with Gasteiger partial charge in [0.15, 0.2) is 0 Å². The van der Waals surface area contributed by atoms with Gasteiger partial charge in [-0.15, -0.1) is 0 Å². The average molecular weight is 323 g/mol. The summed E-state index contributed by atoms with van der Waals surface area (Å²) in [5.41, 5.74) is 0.468. The largest absolute Gasteiger partial charge is 0.478 e. The van der Waals surface area contributed by atoms with Crippen molar-refractivity contribution in [1.82, 2.24) is 14.2 Å². The summed E-state index contributed by atoms with van der Waals surface area (Å²) in [5, 5.41) is 9.71. The number of carboxylic acid groups (broad SMARTS) is 1. The molecule has 1 aromatic carbocycles. The first-order valence-electron chi connectivity index (χ1n) is 6.93. The van der Waals surface area contributed by atoms with E-state index in [2.05, 4.69) is 9.88 Å². The molecule has 1 aromatic heterocycles. The van der Waals surface area contributed by atoms with Crippen molar-refractivity contribution in [3.63, 3.8) is 0 Å². The van der Waals surface area contributed by atoms with Gasteiger partial charge < -0.3 is 15.0 Å². The van der Waals surface area contributed by atoms with Gasteiger partial charge in [0, 0.05) is 43.3 Å². The summed E-state index contributed by atoms with van der Waals surface area (Å²) in [4.78, 5) is 16.2. The molecule has 0 saturated carbocycles. The number of aromatic carboxylic acids is 1. The Bertz CT molecular complexity index is 820. The van der Waals surface area contributed by atoms with Gasteiger partial charge >= 0.3 is 5.97 Å². The number of nitrogens with zero attached hydrogens (tertiary/aromatic N) is 2. The van der Waals surface area contributed by atoms with Crippen LogP contribution < -0.4 is 0 Å². The van der Waals surface area contributed by atoms with Gasteiger partial charge in [0.2, 0.25) is 10.0 Å². The summed E-state index contributed by atoms with van der Waals surface area (Å²) in [6.07, 6.45) is 1.61. The van der Waals surface area contributed by atoms with Gasteiger partial charge in [-0.05, 0) is 25.2 Å². The van der Waals surface area contributed by atoms with E-state index < -0.39 is 16.0 Å². The fraction of sp³-hybridized carbons (Fsp3) is 0.357. The van der Waals surface area contributed by atoms with Crippen molar-refractivity contribution >= 4 is 26.9 Å². The molecule has 0 radical (unpaired) electrons. The summed E-state index contributed by atoms with van der Waals surface area (Å²) in [5.74, 6) is -1.15. The number of carbonyl (C=O) groups is 1. The fourth-order valence-electron chi connectivity index (χ4n) is 2.64. The summed E-state index contributed by atoms with van der Waals surface area (Å²) < 4.78 is 27.2. The molecule has 1 aliphatic rings. The third-order valence-electron chi connectivity index (χ3n) is 3.96. The van der Waals surface area contributed by atoms with E-state index in [4.69, 9.17) is 0 Å². The third-order valence-corrected chi connectivity index (χ3v) is 5.90. The lowest BCUT2D eigenvalue weighted by molar-refractivity contribution is 0.0697. The number of piperazine rings is 1. The average Bonchev–Trinajstić information content (AvgIpc) is 2.94. The van der Waals surface area contributed by atoms with E-state index in [9.17, 15) is 18.3 Å². The molecule has 2 heterocycles. The molecule has 0 unspecified atom stereocenters. The van der Waals surface area contributed by atoms with Crippen LogP contribution in [0.25, 0.3) is 10.9 Å². The first-order valence-corrected chi connectivity index (χ1v) is 8.37. The highest BCUT2D eigenvalue weighted by Crippen LogP contribution is 2.27. The molecule has 1 saturated heterocycles. The Kier molecular flexibility index (Phi) is 3.67. The number of fused-ring (bicyclic) bond motifs is 1. The highest BCUT2D eigenvalue weighted by Gasteiger charge is 2.30. The van der Waals surface area contributed by atoms with E-state index >= 15 is 0 Å². The summed E-state index contributed by atoms with van der Waals surface area (Å²) in [7, 11) is -1.77. The van der Waals surface area contributed by atoms with Crippen LogP contribution in [-0.2, 0) is 10.0 Å². The Morgan fingerprint density at radius 1 is 1.23 bits per heavy atom. The maximum atomic E-state index is 12.9. The minimum Gasteiger partial charge on any atom is -0.478 e. The van der Waals surface area contributed by atoms with Gasteiger partial charge in [-0.1, -0.05) is 0 Å². The van der Waals surface area contributed by atoms with Gasteiger partial charge in [-0.25, -0.2) is 13.2 Å². The summed E-state index contributed by atoms with van der Waals surface area (Å²) in [6, 6.07) is 4.34. The Balaban J connectivity index is 2.11. The lowest BCUT2D eigenvalue weighted by atomic mass is 10.1. The smallest absolute Gasteiger partial charge is 0.335 e. The van der Waals surface area contributed by atoms with Crippen LogP contribution >= 0.6 is 0 Å². The zero-order valence-corrected chi connectivity index (χ0v) is 12.9. The molecule has 2 aromatic rings. The second-order valence-electron chi connectivity index (χ2n) is 5.43. The van der Waals surface area contributed by atoms with Crippen LogP contribution in [-0.4, -0.2) is 66.9 Å². The molecule has 7 nitrogen and oxygen atoms in total. The number of H-pyrrole nitrogens is 1. The predicted molar refractivity (Wildman–Crippen MR) is 81.5 cm³/mol. The first kappa shape index (κ1) is 15.0. The van der Waals surface area contributed by atoms with E-state index in [1.807, 2.05) is 7.05 Å². The van der Waals surface area contributed by atoms with Gasteiger partial charge in [-0.3, -0.25) is 0 Å². The van der Waals surface area contributed by atoms with Crippen LogP contribution in [0.3, 0.4) is 0 Å². The molecule has 0 amide bonds. The van der Waals surface area contributed by atoms with E-state index in [1.165, 1.54) is 16.4 Å². The van der Waals surface area contributed by atoms with Crippen LogP contribution in [0, 0.1) is 0 Å². The highest BCUT2D eigenvalue weighted by molar-refractivity contribution is 7.89. The molecule has 118 valence electrons. The molecule has 1 fully saturated rings. The molecule has 1 aliphatic heterocycles. The number of aromatic amines is 1. The van der Waals surface area contributed by atoms with Crippen LogP contribution in [0.5, 0.6) is 0 Å². The quantitative estimate of drug-likeness (QED) is 0.871. The van der Waals surface area contributed by atoms with Gasteiger partial charge in [-0.2, -0.15) is 4.31 Å². The molecule has 8 heteroatoms. The zero-order valence-electron chi connectivity index (χ0n) is 12.1. The number of benzene rings is 1. The van der Waals surface area contributed by atoms with E-state index in [1.54, 1.807) is 12.3 Å².